The predicted octanol–water partition coefficient (Wildman–Crippen LogP) is 4.25. The number of anilines is 1. The van der Waals surface area contributed by atoms with Crippen LogP contribution in [0.25, 0.3) is 11.4 Å². The molecule has 0 bridgehead atoms. The Morgan fingerprint density at radius 3 is 2.59 bits per heavy atom. The van der Waals surface area contributed by atoms with Crippen LogP contribution in [0, 0.1) is 24.0 Å². The molecule has 1 unspecified atom stereocenters. The van der Waals surface area contributed by atoms with Crippen molar-refractivity contribution in [2.75, 3.05) is 24.6 Å². The van der Waals surface area contributed by atoms with Crippen molar-refractivity contribution in [1.82, 2.24) is 9.97 Å². The van der Waals surface area contributed by atoms with E-state index in [1.807, 2.05) is 25.1 Å². The van der Waals surface area contributed by atoms with Crippen molar-refractivity contribution in [2.24, 2.45) is 0 Å². The summed E-state index contributed by atoms with van der Waals surface area (Å²) in [5.74, 6) is 1.40. The fraction of sp³-hybridized carbons (Fsp3) is 0.273. The van der Waals surface area contributed by atoms with E-state index in [0.29, 0.717) is 19.0 Å². The van der Waals surface area contributed by atoms with E-state index >= 15 is 0 Å². The molecular formula is C22H22N4O3. The number of aryl methyl sites for hydroxylation is 2. The lowest BCUT2D eigenvalue weighted by Gasteiger charge is -2.34. The molecule has 0 N–H and O–H groups in total. The van der Waals surface area contributed by atoms with Crippen LogP contribution in [0.4, 0.5) is 11.5 Å². The van der Waals surface area contributed by atoms with Gasteiger partial charge in [-0.3, -0.25) is 10.1 Å². The molecule has 1 fully saturated rings. The number of nitrogens with zero attached hydrogens (tertiary/aromatic N) is 4. The summed E-state index contributed by atoms with van der Waals surface area (Å²) in [6, 6.07) is 16.6. The van der Waals surface area contributed by atoms with Gasteiger partial charge in [-0.05, 0) is 37.1 Å². The molecule has 0 saturated carbocycles. The smallest absolute Gasteiger partial charge is 0.269 e. The first-order chi connectivity index (χ1) is 14.0. The zero-order valence-electron chi connectivity index (χ0n) is 16.4. The molecule has 1 saturated heterocycles. The highest BCUT2D eigenvalue weighted by molar-refractivity contribution is 5.60. The van der Waals surface area contributed by atoms with E-state index in [1.54, 1.807) is 12.1 Å². The number of morpholine rings is 1. The second kappa shape index (κ2) is 7.97. The van der Waals surface area contributed by atoms with Crippen molar-refractivity contribution in [3.05, 3.63) is 81.5 Å². The van der Waals surface area contributed by atoms with Gasteiger partial charge in [-0.2, -0.15) is 0 Å². The van der Waals surface area contributed by atoms with Crippen molar-refractivity contribution < 1.29 is 9.66 Å². The number of hydrogen-bond donors (Lipinski definition) is 0. The minimum Gasteiger partial charge on any atom is -0.370 e. The van der Waals surface area contributed by atoms with Crippen LogP contribution in [0.5, 0.6) is 0 Å². The van der Waals surface area contributed by atoms with Gasteiger partial charge in [0.15, 0.2) is 5.82 Å². The van der Waals surface area contributed by atoms with Gasteiger partial charge in [-0.25, -0.2) is 9.97 Å². The minimum atomic E-state index is -0.411. The Balaban J connectivity index is 1.61. The lowest BCUT2D eigenvalue weighted by atomic mass is 10.0. The third-order valence-corrected chi connectivity index (χ3v) is 5.10. The van der Waals surface area contributed by atoms with E-state index in [2.05, 4.69) is 28.9 Å². The van der Waals surface area contributed by atoms with E-state index in [4.69, 9.17) is 9.72 Å². The normalized spacial score (nSPS) is 16.6. The van der Waals surface area contributed by atoms with Crippen LogP contribution in [0.3, 0.4) is 0 Å². The Kier molecular flexibility index (Phi) is 5.22. The number of hydrogen-bond acceptors (Lipinski definition) is 6. The molecule has 7 nitrogen and oxygen atoms in total. The van der Waals surface area contributed by atoms with Gasteiger partial charge in [0.25, 0.3) is 5.69 Å². The average molecular weight is 390 g/mol. The summed E-state index contributed by atoms with van der Waals surface area (Å²) in [7, 11) is 0. The molecule has 3 aromatic rings. The quantitative estimate of drug-likeness (QED) is 0.489. The molecule has 2 aromatic carbocycles. The van der Waals surface area contributed by atoms with Gasteiger partial charge >= 0.3 is 0 Å². The number of benzene rings is 2. The topological polar surface area (TPSA) is 81.4 Å². The predicted molar refractivity (Wildman–Crippen MR) is 111 cm³/mol. The Hall–Kier alpha value is -3.32. The van der Waals surface area contributed by atoms with Crippen LogP contribution >= 0.6 is 0 Å². The summed E-state index contributed by atoms with van der Waals surface area (Å²) >= 11 is 0. The summed E-state index contributed by atoms with van der Waals surface area (Å²) in [5.41, 5.74) is 4.06. The zero-order valence-corrected chi connectivity index (χ0v) is 16.4. The van der Waals surface area contributed by atoms with Crippen molar-refractivity contribution in [2.45, 2.75) is 20.0 Å². The second-order valence-corrected chi connectivity index (χ2v) is 7.16. The summed E-state index contributed by atoms with van der Waals surface area (Å²) in [4.78, 5) is 22.0. The summed E-state index contributed by atoms with van der Waals surface area (Å²) in [5, 5.41) is 10.9. The van der Waals surface area contributed by atoms with Crippen LogP contribution in [0.2, 0.25) is 0 Å². The molecular weight excluding hydrogens is 368 g/mol. The molecule has 0 amide bonds. The van der Waals surface area contributed by atoms with Gasteiger partial charge in [-0.15, -0.1) is 0 Å². The number of rotatable bonds is 4. The molecule has 0 spiro atoms. The van der Waals surface area contributed by atoms with Gasteiger partial charge in [0.1, 0.15) is 11.9 Å². The maximum Gasteiger partial charge on any atom is 0.269 e. The summed E-state index contributed by atoms with van der Waals surface area (Å²) < 4.78 is 6.03. The molecule has 7 heteroatoms. The zero-order chi connectivity index (χ0) is 20.4. The number of nitro groups is 1. The van der Waals surface area contributed by atoms with E-state index < -0.39 is 4.92 Å². The fourth-order valence-corrected chi connectivity index (χ4v) is 3.57. The molecule has 0 aliphatic carbocycles. The Labute approximate surface area is 169 Å². The third-order valence-electron chi connectivity index (χ3n) is 5.10. The lowest BCUT2D eigenvalue weighted by Crippen LogP contribution is -2.39. The van der Waals surface area contributed by atoms with Crippen molar-refractivity contribution in [3.8, 4) is 11.4 Å². The summed E-state index contributed by atoms with van der Waals surface area (Å²) in [6.07, 6.45) is -0.0111. The maximum absolute atomic E-state index is 10.9. The Morgan fingerprint density at radius 2 is 1.86 bits per heavy atom. The number of nitro benzene ring substituents is 1. The van der Waals surface area contributed by atoms with Crippen LogP contribution in [-0.2, 0) is 4.74 Å². The van der Waals surface area contributed by atoms with E-state index in [0.717, 1.165) is 23.6 Å². The first-order valence-electron chi connectivity index (χ1n) is 9.54. The summed E-state index contributed by atoms with van der Waals surface area (Å²) in [6.45, 7) is 6.10. The fourth-order valence-electron chi connectivity index (χ4n) is 3.57. The van der Waals surface area contributed by atoms with Crippen LogP contribution < -0.4 is 4.90 Å². The molecule has 1 aromatic heterocycles. The van der Waals surface area contributed by atoms with Crippen LogP contribution in [0.1, 0.15) is 22.9 Å². The molecule has 4 rings (SSSR count). The highest BCUT2D eigenvalue weighted by Crippen LogP contribution is 2.29. The molecule has 1 atom stereocenters. The first kappa shape index (κ1) is 19.0. The molecule has 1 aliphatic rings. The Morgan fingerprint density at radius 1 is 1.10 bits per heavy atom. The standard InChI is InChI=1S/C22H22N4O3/c1-15-5-3-4-6-19(15)20-14-25(11-12-29-20)21-13-16(2)23-22(24-21)17-7-9-18(10-8-17)26(27)28/h3-10,13,20H,11-12,14H2,1-2H3. The van der Waals surface area contributed by atoms with E-state index in [-0.39, 0.29) is 11.8 Å². The maximum atomic E-state index is 10.9. The van der Waals surface area contributed by atoms with Crippen LogP contribution in [0.15, 0.2) is 54.6 Å². The highest BCUT2D eigenvalue weighted by Gasteiger charge is 2.24. The third kappa shape index (κ3) is 4.09. The molecule has 1 aliphatic heterocycles. The molecule has 2 heterocycles. The Bertz CT molecular complexity index is 1040. The van der Waals surface area contributed by atoms with Crippen molar-refractivity contribution >= 4 is 11.5 Å². The lowest BCUT2D eigenvalue weighted by molar-refractivity contribution is -0.384. The largest absolute Gasteiger partial charge is 0.370 e. The monoisotopic (exact) mass is 390 g/mol. The number of aromatic nitrogens is 2. The van der Waals surface area contributed by atoms with Gasteiger partial charge in [0.05, 0.1) is 11.5 Å². The molecule has 29 heavy (non-hydrogen) atoms. The second-order valence-electron chi connectivity index (χ2n) is 7.16. The van der Waals surface area contributed by atoms with Gasteiger partial charge in [-0.1, -0.05) is 24.3 Å². The van der Waals surface area contributed by atoms with Gasteiger partial charge in [0, 0.05) is 42.5 Å². The van der Waals surface area contributed by atoms with Gasteiger partial charge < -0.3 is 9.64 Å². The van der Waals surface area contributed by atoms with Crippen LogP contribution in [-0.4, -0.2) is 34.6 Å². The highest BCUT2D eigenvalue weighted by atomic mass is 16.6. The molecule has 148 valence electrons. The van der Waals surface area contributed by atoms with Crippen molar-refractivity contribution in [3.63, 3.8) is 0 Å². The first-order valence-corrected chi connectivity index (χ1v) is 9.54. The van der Waals surface area contributed by atoms with Gasteiger partial charge in [0.2, 0.25) is 0 Å². The SMILES string of the molecule is Cc1cc(N2CCOC(c3ccccc3C)C2)nc(-c2ccc([N+](=O)[O-])cc2)n1. The minimum absolute atomic E-state index is 0.0111. The number of non-ortho nitro benzene ring substituents is 1. The number of ether oxygens (including phenoxy) is 1. The van der Waals surface area contributed by atoms with E-state index in [1.165, 1.54) is 23.3 Å². The molecule has 0 radical (unpaired) electrons. The van der Waals surface area contributed by atoms with Crippen molar-refractivity contribution in [1.29, 1.82) is 0 Å². The average Bonchev–Trinajstić information content (AvgIpc) is 2.74. The van der Waals surface area contributed by atoms with E-state index in [9.17, 15) is 10.1 Å².